The first-order chi connectivity index (χ1) is 10.1. The van der Waals surface area contributed by atoms with Gasteiger partial charge in [-0.05, 0) is 24.3 Å². The highest BCUT2D eigenvalue weighted by Gasteiger charge is 2.27. The number of likely N-dealkylation sites (tertiary alicyclic amines) is 1. The number of benzene rings is 1. The van der Waals surface area contributed by atoms with Gasteiger partial charge in [0.25, 0.3) is 0 Å². The fraction of sp³-hybridized carbons (Fsp3) is 0.500. The van der Waals surface area contributed by atoms with Gasteiger partial charge in [-0.1, -0.05) is 30.3 Å². The Morgan fingerprint density at radius 1 is 1.29 bits per heavy atom. The van der Waals surface area contributed by atoms with Crippen LogP contribution in [0.25, 0.3) is 0 Å². The van der Waals surface area contributed by atoms with E-state index in [0.717, 1.165) is 18.4 Å². The van der Waals surface area contributed by atoms with Crippen molar-refractivity contribution in [3.8, 4) is 0 Å². The summed E-state index contributed by atoms with van der Waals surface area (Å²) in [5, 5.41) is 2.65. The molecule has 2 rings (SSSR count). The normalized spacial score (nSPS) is 17.3. The number of carbonyl (C=O) groups excluding carboxylic acids is 2. The number of nitrogens with zero attached hydrogens (tertiary/aromatic N) is 1. The molecule has 0 saturated carbocycles. The summed E-state index contributed by atoms with van der Waals surface area (Å²) in [5.41, 5.74) is 6.89. The average molecular weight is 289 g/mol. The van der Waals surface area contributed by atoms with Crippen LogP contribution in [-0.4, -0.2) is 36.9 Å². The first-order valence-corrected chi connectivity index (χ1v) is 7.41. The minimum atomic E-state index is -0.596. The van der Waals surface area contributed by atoms with Gasteiger partial charge in [-0.25, -0.2) is 0 Å². The second-order valence-electron chi connectivity index (χ2n) is 5.53. The maximum absolute atomic E-state index is 12.4. The van der Waals surface area contributed by atoms with E-state index in [1.807, 2.05) is 35.2 Å². The number of carbonyl (C=O) groups is 2. The van der Waals surface area contributed by atoms with Gasteiger partial charge in [-0.2, -0.15) is 0 Å². The molecule has 5 nitrogen and oxygen atoms in total. The van der Waals surface area contributed by atoms with Crippen molar-refractivity contribution in [2.45, 2.75) is 25.3 Å². The Morgan fingerprint density at radius 3 is 2.48 bits per heavy atom. The molecule has 1 aliphatic heterocycles. The van der Waals surface area contributed by atoms with E-state index in [1.165, 1.54) is 0 Å². The van der Waals surface area contributed by atoms with Crippen LogP contribution < -0.4 is 11.1 Å². The number of rotatable bonds is 4. The van der Waals surface area contributed by atoms with Gasteiger partial charge in [-0.15, -0.1) is 0 Å². The highest BCUT2D eigenvalue weighted by Crippen LogP contribution is 2.23. The van der Waals surface area contributed by atoms with E-state index < -0.39 is 6.04 Å². The fourth-order valence-corrected chi connectivity index (χ4v) is 2.72. The Hall–Kier alpha value is -1.88. The van der Waals surface area contributed by atoms with Crippen LogP contribution in [0.1, 0.15) is 30.9 Å². The number of nitrogens with two attached hydrogens (primary N) is 1. The monoisotopic (exact) mass is 289 g/mol. The van der Waals surface area contributed by atoms with Gasteiger partial charge in [0.05, 0.1) is 0 Å². The number of amides is 2. The van der Waals surface area contributed by atoms with Crippen molar-refractivity contribution in [1.82, 2.24) is 10.2 Å². The Morgan fingerprint density at radius 2 is 1.90 bits per heavy atom. The molecule has 1 aliphatic rings. The summed E-state index contributed by atoms with van der Waals surface area (Å²) >= 11 is 0. The van der Waals surface area contributed by atoms with Crippen molar-refractivity contribution in [1.29, 1.82) is 0 Å². The number of hydrogen-bond donors (Lipinski definition) is 2. The van der Waals surface area contributed by atoms with Gasteiger partial charge >= 0.3 is 0 Å². The quantitative estimate of drug-likeness (QED) is 0.870. The molecule has 0 aliphatic carbocycles. The van der Waals surface area contributed by atoms with Gasteiger partial charge in [0.15, 0.2) is 0 Å². The van der Waals surface area contributed by atoms with Crippen LogP contribution in [0.3, 0.4) is 0 Å². The molecule has 1 saturated heterocycles. The third-order valence-corrected chi connectivity index (χ3v) is 4.10. The largest absolute Gasteiger partial charge is 0.359 e. The van der Waals surface area contributed by atoms with Crippen LogP contribution in [0.15, 0.2) is 30.3 Å². The minimum absolute atomic E-state index is 0.0282. The van der Waals surface area contributed by atoms with Gasteiger partial charge in [0.1, 0.15) is 6.04 Å². The third-order valence-electron chi connectivity index (χ3n) is 4.10. The number of piperidine rings is 1. The molecule has 2 amide bonds. The first kappa shape index (κ1) is 15.5. The highest BCUT2D eigenvalue weighted by atomic mass is 16.2. The third kappa shape index (κ3) is 4.04. The maximum atomic E-state index is 12.4. The zero-order chi connectivity index (χ0) is 15.2. The SMILES string of the molecule is CNC(=O)CC1CCN(C(=O)C(N)c2ccccc2)CC1. The molecule has 1 fully saturated rings. The van der Waals surface area contributed by atoms with Crippen molar-refractivity contribution in [2.75, 3.05) is 20.1 Å². The van der Waals surface area contributed by atoms with E-state index >= 15 is 0 Å². The molecule has 5 heteroatoms. The Labute approximate surface area is 125 Å². The lowest BCUT2D eigenvalue weighted by Gasteiger charge is -2.33. The summed E-state index contributed by atoms with van der Waals surface area (Å²) in [6.45, 7) is 1.36. The lowest BCUT2D eigenvalue weighted by Crippen LogP contribution is -2.43. The second kappa shape index (κ2) is 7.22. The van der Waals surface area contributed by atoms with Crippen molar-refractivity contribution < 1.29 is 9.59 Å². The summed E-state index contributed by atoms with van der Waals surface area (Å²) in [6, 6.07) is 8.84. The summed E-state index contributed by atoms with van der Waals surface area (Å²) in [7, 11) is 1.65. The standard InChI is InChI=1S/C16H23N3O2/c1-18-14(20)11-12-7-9-19(10-8-12)16(21)15(17)13-5-3-2-4-6-13/h2-6,12,15H,7-11,17H2,1H3,(H,18,20). The predicted octanol–water partition coefficient (Wildman–Crippen LogP) is 1.06. The van der Waals surface area contributed by atoms with Crippen LogP contribution in [0.5, 0.6) is 0 Å². The predicted molar refractivity (Wildman–Crippen MR) is 81.4 cm³/mol. The average Bonchev–Trinajstić information content (AvgIpc) is 2.55. The number of hydrogen-bond acceptors (Lipinski definition) is 3. The molecule has 0 radical (unpaired) electrons. The van der Waals surface area contributed by atoms with E-state index in [9.17, 15) is 9.59 Å². The van der Waals surface area contributed by atoms with E-state index in [-0.39, 0.29) is 11.8 Å². The molecule has 1 atom stereocenters. The van der Waals surface area contributed by atoms with Crippen LogP contribution in [0, 0.1) is 5.92 Å². The van der Waals surface area contributed by atoms with E-state index in [2.05, 4.69) is 5.32 Å². The Bertz CT molecular complexity index is 482. The molecule has 1 heterocycles. The molecule has 1 aromatic rings. The topological polar surface area (TPSA) is 75.4 Å². The molecule has 1 aromatic carbocycles. The smallest absolute Gasteiger partial charge is 0.244 e. The zero-order valence-electron chi connectivity index (χ0n) is 12.4. The number of nitrogens with one attached hydrogen (secondary N) is 1. The molecule has 114 valence electrons. The molecule has 0 aromatic heterocycles. The lowest BCUT2D eigenvalue weighted by molar-refractivity contribution is -0.134. The van der Waals surface area contributed by atoms with Gasteiger partial charge in [-0.3, -0.25) is 9.59 Å². The van der Waals surface area contributed by atoms with Crippen molar-refractivity contribution >= 4 is 11.8 Å². The summed E-state index contributed by atoms with van der Waals surface area (Å²) in [6.07, 6.45) is 2.27. The van der Waals surface area contributed by atoms with E-state index in [1.54, 1.807) is 7.05 Å². The molecular formula is C16H23N3O2. The molecule has 0 bridgehead atoms. The summed E-state index contributed by atoms with van der Waals surface area (Å²) in [4.78, 5) is 25.6. The molecule has 3 N–H and O–H groups in total. The molecule has 0 spiro atoms. The Kier molecular flexibility index (Phi) is 5.33. The van der Waals surface area contributed by atoms with E-state index in [0.29, 0.717) is 25.4 Å². The van der Waals surface area contributed by atoms with Crippen molar-refractivity contribution in [3.63, 3.8) is 0 Å². The molecule has 1 unspecified atom stereocenters. The zero-order valence-corrected chi connectivity index (χ0v) is 12.4. The fourth-order valence-electron chi connectivity index (χ4n) is 2.72. The minimum Gasteiger partial charge on any atom is -0.359 e. The molecule has 21 heavy (non-hydrogen) atoms. The summed E-state index contributed by atoms with van der Waals surface area (Å²) < 4.78 is 0. The van der Waals surface area contributed by atoms with Crippen LogP contribution in [-0.2, 0) is 9.59 Å². The highest BCUT2D eigenvalue weighted by molar-refractivity contribution is 5.83. The van der Waals surface area contributed by atoms with Crippen molar-refractivity contribution in [3.05, 3.63) is 35.9 Å². The van der Waals surface area contributed by atoms with Crippen LogP contribution in [0.4, 0.5) is 0 Å². The van der Waals surface area contributed by atoms with Gasteiger partial charge < -0.3 is 16.0 Å². The molecular weight excluding hydrogens is 266 g/mol. The second-order valence-corrected chi connectivity index (χ2v) is 5.53. The van der Waals surface area contributed by atoms with Gasteiger partial charge in [0, 0.05) is 26.6 Å². The van der Waals surface area contributed by atoms with Crippen LogP contribution in [0.2, 0.25) is 0 Å². The maximum Gasteiger partial charge on any atom is 0.244 e. The Balaban J connectivity index is 1.87. The first-order valence-electron chi connectivity index (χ1n) is 7.41. The van der Waals surface area contributed by atoms with Crippen LogP contribution >= 0.6 is 0 Å². The van der Waals surface area contributed by atoms with E-state index in [4.69, 9.17) is 5.73 Å². The lowest BCUT2D eigenvalue weighted by atomic mass is 9.92. The summed E-state index contributed by atoms with van der Waals surface area (Å²) in [5.74, 6) is 0.405. The van der Waals surface area contributed by atoms with Gasteiger partial charge in [0.2, 0.25) is 11.8 Å². The van der Waals surface area contributed by atoms with Crippen molar-refractivity contribution in [2.24, 2.45) is 11.7 Å².